The van der Waals surface area contributed by atoms with Crippen LogP contribution in [0, 0.1) is 38.4 Å². The lowest BCUT2D eigenvalue weighted by atomic mass is 9.56. The first kappa shape index (κ1) is 37.5. The van der Waals surface area contributed by atoms with Crippen LogP contribution in [0.5, 0.6) is 0 Å². The van der Waals surface area contributed by atoms with Gasteiger partial charge in [-0.05, 0) is 78.6 Å². The van der Waals surface area contributed by atoms with Crippen LogP contribution in [-0.2, 0) is 0 Å². The highest BCUT2D eigenvalue weighted by molar-refractivity contribution is 4.91. The van der Waals surface area contributed by atoms with E-state index in [9.17, 15) is 0 Å². The van der Waals surface area contributed by atoms with E-state index in [1.54, 1.807) is 0 Å². The van der Waals surface area contributed by atoms with Crippen molar-refractivity contribution in [2.75, 3.05) is 6.54 Å². The summed E-state index contributed by atoms with van der Waals surface area (Å²) in [4.78, 5) is 0. The van der Waals surface area contributed by atoms with Gasteiger partial charge in [0.2, 0.25) is 0 Å². The zero-order valence-electron chi connectivity index (χ0n) is 27.7. The summed E-state index contributed by atoms with van der Waals surface area (Å²) < 4.78 is 0. The van der Waals surface area contributed by atoms with Gasteiger partial charge in [0.15, 0.2) is 0 Å². The van der Waals surface area contributed by atoms with Gasteiger partial charge in [-0.3, -0.25) is 0 Å². The minimum absolute atomic E-state index is 0.269. The highest BCUT2D eigenvalue weighted by Crippen LogP contribution is 2.50. The number of rotatable bonds is 3. The Morgan fingerprint density at radius 2 is 0.848 bits per heavy atom. The minimum atomic E-state index is 0.269. The highest BCUT2D eigenvalue weighted by atomic mass is 14.9. The molecule has 0 radical (unpaired) electrons. The fraction of sp³-hybridized carbons (Fsp3) is 1.00. The molecule has 0 saturated heterocycles. The summed E-state index contributed by atoms with van der Waals surface area (Å²) in [7, 11) is 0. The molecule has 0 aromatic rings. The van der Waals surface area contributed by atoms with Gasteiger partial charge >= 0.3 is 0 Å². The van der Waals surface area contributed by atoms with Gasteiger partial charge in [-0.2, -0.15) is 0 Å². The van der Waals surface area contributed by atoms with E-state index < -0.39 is 0 Å². The quantitative estimate of drug-likeness (QED) is 0.433. The predicted octanol–water partition coefficient (Wildman–Crippen LogP) is 11.0. The van der Waals surface area contributed by atoms with Crippen LogP contribution in [0.3, 0.4) is 0 Å². The molecule has 1 nitrogen and oxygen atoms in total. The Kier molecular flexibility index (Phi) is 14.5. The van der Waals surface area contributed by atoms with Gasteiger partial charge in [0.1, 0.15) is 0 Å². The summed E-state index contributed by atoms with van der Waals surface area (Å²) in [6.45, 7) is 49.4. The monoisotopic (exact) mass is 470 g/mol. The molecule has 0 rings (SSSR count). The van der Waals surface area contributed by atoms with Gasteiger partial charge in [-0.15, -0.1) is 0 Å². The Balaban J connectivity index is -0.000000409. The van der Waals surface area contributed by atoms with E-state index in [1.165, 1.54) is 12.8 Å². The largest absolute Gasteiger partial charge is 0.312 e. The third-order valence-corrected chi connectivity index (χ3v) is 7.68. The Hall–Kier alpha value is -0.0400. The molecule has 0 saturated carbocycles. The highest BCUT2D eigenvalue weighted by Gasteiger charge is 2.42. The van der Waals surface area contributed by atoms with Gasteiger partial charge in [0, 0.05) is 5.54 Å². The summed E-state index contributed by atoms with van der Waals surface area (Å²) >= 11 is 0. The van der Waals surface area contributed by atoms with E-state index in [0.29, 0.717) is 32.5 Å². The Morgan fingerprint density at radius 3 is 0.970 bits per heavy atom. The average Bonchev–Trinajstić information content (AvgIpc) is 2.40. The van der Waals surface area contributed by atoms with Crippen LogP contribution in [-0.4, -0.2) is 12.1 Å². The maximum absolute atomic E-state index is 3.48. The zero-order chi connectivity index (χ0) is 27.9. The fourth-order valence-electron chi connectivity index (χ4n) is 3.16. The molecule has 204 valence electrons. The molecule has 0 aliphatic carbocycles. The normalized spacial score (nSPS) is 15.2. The molecular formula is C32H71N. The molecule has 0 aliphatic heterocycles. The molecule has 1 atom stereocenters. The van der Waals surface area contributed by atoms with Crippen molar-refractivity contribution in [1.82, 2.24) is 5.32 Å². The summed E-state index contributed by atoms with van der Waals surface area (Å²) in [5.41, 5.74) is 2.81. The molecule has 33 heavy (non-hydrogen) atoms. The van der Waals surface area contributed by atoms with Gasteiger partial charge in [0.25, 0.3) is 0 Å². The molecule has 0 spiro atoms. The van der Waals surface area contributed by atoms with Gasteiger partial charge in [-0.25, -0.2) is 0 Å². The average molecular weight is 470 g/mol. The minimum Gasteiger partial charge on any atom is -0.312 e. The predicted molar refractivity (Wildman–Crippen MR) is 157 cm³/mol. The second-order valence-electron chi connectivity index (χ2n) is 17.6. The van der Waals surface area contributed by atoms with Crippen molar-refractivity contribution in [2.45, 2.75) is 164 Å². The van der Waals surface area contributed by atoms with Crippen molar-refractivity contribution in [1.29, 1.82) is 0 Å². The number of hydrogen-bond acceptors (Lipinski definition) is 1. The molecule has 0 aromatic heterocycles. The third kappa shape index (κ3) is 21.0. The molecule has 1 N–H and O–H groups in total. The van der Waals surface area contributed by atoms with E-state index in [4.69, 9.17) is 0 Å². The first-order valence-electron chi connectivity index (χ1n) is 13.6. The third-order valence-electron chi connectivity index (χ3n) is 7.68. The summed E-state index contributed by atoms with van der Waals surface area (Å²) in [5.74, 6) is 0.808. The van der Waals surface area contributed by atoms with Gasteiger partial charge < -0.3 is 5.32 Å². The molecule has 0 aliphatic rings. The molecule has 0 amide bonds. The topological polar surface area (TPSA) is 12.0 Å². The van der Waals surface area contributed by atoms with Crippen LogP contribution in [0.15, 0.2) is 0 Å². The second-order valence-corrected chi connectivity index (χ2v) is 17.6. The molecule has 1 heteroatoms. The zero-order valence-corrected chi connectivity index (χ0v) is 27.7. The van der Waals surface area contributed by atoms with Crippen molar-refractivity contribution >= 4 is 0 Å². The van der Waals surface area contributed by atoms with Crippen LogP contribution in [0.25, 0.3) is 0 Å². The van der Waals surface area contributed by atoms with Crippen molar-refractivity contribution in [3.05, 3.63) is 0 Å². The first-order valence-corrected chi connectivity index (χ1v) is 13.6. The van der Waals surface area contributed by atoms with E-state index in [2.05, 4.69) is 151 Å². The molecule has 0 heterocycles. The van der Waals surface area contributed by atoms with Gasteiger partial charge in [-0.1, -0.05) is 125 Å². The Labute approximate surface area is 214 Å². The smallest absolute Gasteiger partial charge is 0.00965 e. The van der Waals surface area contributed by atoms with Crippen molar-refractivity contribution in [2.24, 2.45) is 38.4 Å². The standard InChI is InChI=1S/2C11H24.C10H23N/c1-9(11(5,6)7)8-10(2,3)4;1-9(2,3)11(7,8)10(4,5)6;1-9(2,3)7-8-11-10(4,5)6/h9H,8H2,1-7H3;1-8H3;11H,7-8H2,1-6H3. The molecule has 0 fully saturated rings. The van der Waals surface area contributed by atoms with Crippen molar-refractivity contribution in [3.63, 3.8) is 0 Å². The van der Waals surface area contributed by atoms with Crippen LogP contribution in [0.2, 0.25) is 0 Å². The van der Waals surface area contributed by atoms with E-state index >= 15 is 0 Å². The first-order chi connectivity index (χ1) is 13.8. The Morgan fingerprint density at radius 1 is 0.515 bits per heavy atom. The lowest BCUT2D eigenvalue weighted by Crippen LogP contribution is -2.41. The second kappa shape index (κ2) is 12.8. The molecule has 0 aromatic carbocycles. The lowest BCUT2D eigenvalue weighted by Gasteiger charge is -2.49. The van der Waals surface area contributed by atoms with Crippen LogP contribution in [0.4, 0.5) is 0 Å². The van der Waals surface area contributed by atoms with E-state index in [-0.39, 0.29) is 5.54 Å². The summed E-state index contributed by atoms with van der Waals surface area (Å²) in [5, 5.41) is 3.48. The number of nitrogens with one attached hydrogen (secondary N) is 1. The van der Waals surface area contributed by atoms with Crippen molar-refractivity contribution in [3.8, 4) is 0 Å². The van der Waals surface area contributed by atoms with Crippen molar-refractivity contribution < 1.29 is 0 Å². The summed E-state index contributed by atoms with van der Waals surface area (Å²) in [6, 6.07) is 0. The Bertz CT molecular complexity index is 466. The van der Waals surface area contributed by atoms with E-state index in [1.807, 2.05) is 0 Å². The van der Waals surface area contributed by atoms with E-state index in [0.717, 1.165) is 12.5 Å². The SMILES string of the molecule is CC(C)(C)C(C)(C)C(C)(C)C.CC(C)(C)CCNC(C)(C)C.CC(CC(C)(C)C)C(C)(C)C. The maximum Gasteiger partial charge on any atom is 0.00965 e. The molecule has 1 unspecified atom stereocenters. The van der Waals surface area contributed by atoms with Crippen LogP contribution < -0.4 is 5.32 Å². The molecular weight excluding hydrogens is 398 g/mol. The summed E-state index contributed by atoms with van der Waals surface area (Å²) in [6.07, 6.45) is 2.56. The van der Waals surface area contributed by atoms with Gasteiger partial charge in [0.05, 0.1) is 0 Å². The number of hydrogen-bond donors (Lipinski definition) is 1. The maximum atomic E-state index is 3.48. The fourth-order valence-corrected chi connectivity index (χ4v) is 3.16. The lowest BCUT2D eigenvalue weighted by molar-refractivity contribution is 0.00575. The van der Waals surface area contributed by atoms with Crippen LogP contribution >= 0.6 is 0 Å². The van der Waals surface area contributed by atoms with Crippen LogP contribution in [0.1, 0.15) is 158 Å². The molecule has 0 bridgehead atoms.